The summed E-state index contributed by atoms with van der Waals surface area (Å²) in [5.41, 5.74) is 7.63. The Morgan fingerprint density at radius 1 is 1.47 bits per heavy atom. The first-order chi connectivity index (χ1) is 9.24. The number of nitrogens with one attached hydrogen (secondary N) is 2. The molecule has 100 valence electrons. The van der Waals surface area contributed by atoms with Gasteiger partial charge >= 0.3 is 0 Å². The van der Waals surface area contributed by atoms with Gasteiger partial charge in [0.15, 0.2) is 5.69 Å². The van der Waals surface area contributed by atoms with Gasteiger partial charge in [0, 0.05) is 17.6 Å². The second-order valence-electron chi connectivity index (χ2n) is 5.22. The Balaban J connectivity index is 1.64. The maximum absolute atomic E-state index is 12.1. The van der Waals surface area contributed by atoms with Crippen molar-refractivity contribution in [2.75, 3.05) is 12.3 Å². The second-order valence-corrected chi connectivity index (χ2v) is 5.22. The Labute approximate surface area is 111 Å². The third-order valence-electron chi connectivity index (χ3n) is 3.57. The summed E-state index contributed by atoms with van der Waals surface area (Å²) in [5.74, 6) is 0.774. The number of nitrogens with zero attached hydrogens (tertiary/aromatic N) is 1. The molecule has 4 N–H and O–H groups in total. The van der Waals surface area contributed by atoms with Gasteiger partial charge in [0.1, 0.15) is 0 Å². The van der Waals surface area contributed by atoms with Crippen molar-refractivity contribution in [3.8, 4) is 0 Å². The van der Waals surface area contributed by atoms with Crippen LogP contribution in [-0.4, -0.2) is 22.6 Å². The predicted octanol–water partition coefficient (Wildman–Crippen LogP) is 2.07. The Morgan fingerprint density at radius 2 is 2.32 bits per heavy atom. The number of anilines is 1. The first-order valence-electron chi connectivity index (χ1n) is 6.76. The molecule has 1 amide bonds. The van der Waals surface area contributed by atoms with Crippen LogP contribution >= 0.6 is 0 Å². The van der Waals surface area contributed by atoms with Gasteiger partial charge in [-0.25, -0.2) is 0 Å². The Morgan fingerprint density at radius 3 is 3.11 bits per heavy atom. The number of benzene rings is 1. The van der Waals surface area contributed by atoms with Gasteiger partial charge in [-0.2, -0.15) is 5.10 Å². The van der Waals surface area contributed by atoms with Crippen molar-refractivity contribution in [3.05, 3.63) is 23.9 Å². The summed E-state index contributed by atoms with van der Waals surface area (Å²) in [6, 6.07) is 5.40. The molecule has 1 aliphatic carbocycles. The number of hydrogen-bond acceptors (Lipinski definition) is 3. The third-order valence-corrected chi connectivity index (χ3v) is 3.57. The minimum absolute atomic E-state index is 0.132. The van der Waals surface area contributed by atoms with Crippen LogP contribution in [0, 0.1) is 5.92 Å². The lowest BCUT2D eigenvalue weighted by molar-refractivity contribution is 0.0949. The third kappa shape index (κ3) is 2.70. The van der Waals surface area contributed by atoms with Gasteiger partial charge in [0.25, 0.3) is 5.91 Å². The molecule has 1 heterocycles. The maximum Gasteiger partial charge on any atom is 0.272 e. The molecule has 3 rings (SSSR count). The smallest absolute Gasteiger partial charge is 0.272 e. The molecule has 1 aromatic carbocycles. The molecule has 0 bridgehead atoms. The molecule has 0 saturated heterocycles. The number of H-pyrrole nitrogens is 1. The van der Waals surface area contributed by atoms with E-state index in [-0.39, 0.29) is 5.91 Å². The van der Waals surface area contributed by atoms with Gasteiger partial charge in [-0.05, 0) is 37.0 Å². The number of rotatable bonds is 5. The van der Waals surface area contributed by atoms with Crippen molar-refractivity contribution in [2.45, 2.75) is 25.7 Å². The van der Waals surface area contributed by atoms with Crippen LogP contribution in [0.4, 0.5) is 5.69 Å². The summed E-state index contributed by atoms with van der Waals surface area (Å²) >= 11 is 0. The van der Waals surface area contributed by atoms with E-state index in [1.54, 1.807) is 12.1 Å². The topological polar surface area (TPSA) is 83.8 Å². The summed E-state index contributed by atoms with van der Waals surface area (Å²) in [5, 5.41) is 10.6. The van der Waals surface area contributed by atoms with E-state index >= 15 is 0 Å². The van der Waals surface area contributed by atoms with Gasteiger partial charge in [0.05, 0.1) is 5.52 Å². The molecule has 1 aliphatic rings. The average Bonchev–Trinajstić information content (AvgIpc) is 3.13. The SMILES string of the molecule is Nc1ccc2[nH]nc(C(=O)NCCCC3CC3)c2c1. The van der Waals surface area contributed by atoms with Gasteiger partial charge in [0.2, 0.25) is 0 Å². The van der Waals surface area contributed by atoms with Gasteiger partial charge in [-0.3, -0.25) is 9.89 Å². The fourth-order valence-electron chi connectivity index (χ4n) is 2.29. The van der Waals surface area contributed by atoms with Crippen LogP contribution in [0.25, 0.3) is 10.9 Å². The largest absolute Gasteiger partial charge is 0.399 e. The van der Waals surface area contributed by atoms with Crippen LogP contribution in [0.15, 0.2) is 18.2 Å². The molecule has 0 spiro atoms. The summed E-state index contributed by atoms with van der Waals surface area (Å²) in [6.07, 6.45) is 4.98. The minimum atomic E-state index is -0.132. The van der Waals surface area contributed by atoms with E-state index in [1.807, 2.05) is 6.07 Å². The maximum atomic E-state index is 12.1. The number of nitrogens with two attached hydrogens (primary N) is 1. The number of amides is 1. The molecule has 1 saturated carbocycles. The molecule has 0 aliphatic heterocycles. The van der Waals surface area contributed by atoms with Crippen LogP contribution in [0.5, 0.6) is 0 Å². The summed E-state index contributed by atoms with van der Waals surface area (Å²) < 4.78 is 0. The van der Waals surface area contributed by atoms with Crippen molar-refractivity contribution >= 4 is 22.5 Å². The molecular weight excluding hydrogens is 240 g/mol. The summed E-state index contributed by atoms with van der Waals surface area (Å²) in [4.78, 5) is 12.1. The highest BCUT2D eigenvalue weighted by Crippen LogP contribution is 2.33. The number of nitrogen functional groups attached to an aromatic ring is 1. The van der Waals surface area contributed by atoms with Crippen LogP contribution in [0.3, 0.4) is 0 Å². The zero-order chi connectivity index (χ0) is 13.2. The van der Waals surface area contributed by atoms with Crippen molar-refractivity contribution in [3.63, 3.8) is 0 Å². The molecule has 1 fully saturated rings. The van der Waals surface area contributed by atoms with E-state index in [2.05, 4.69) is 15.5 Å². The molecule has 5 nitrogen and oxygen atoms in total. The number of carbonyl (C=O) groups is 1. The Kier molecular flexibility index (Phi) is 3.11. The normalized spacial score (nSPS) is 14.7. The number of aromatic nitrogens is 2. The van der Waals surface area contributed by atoms with E-state index in [1.165, 1.54) is 19.3 Å². The molecule has 2 aromatic rings. The molecule has 1 aromatic heterocycles. The second kappa shape index (κ2) is 4.91. The number of aromatic amines is 1. The minimum Gasteiger partial charge on any atom is -0.399 e. The van der Waals surface area contributed by atoms with Crippen LogP contribution < -0.4 is 11.1 Å². The van der Waals surface area contributed by atoms with Crippen LogP contribution in [-0.2, 0) is 0 Å². The van der Waals surface area contributed by atoms with Crippen molar-refractivity contribution < 1.29 is 4.79 Å². The molecule has 0 unspecified atom stereocenters. The highest BCUT2D eigenvalue weighted by molar-refractivity contribution is 6.05. The standard InChI is InChI=1S/C14H18N4O/c15-10-5-6-12-11(8-10)13(18-17-12)14(19)16-7-1-2-9-3-4-9/h5-6,8-9H,1-4,7,15H2,(H,16,19)(H,17,18). The average molecular weight is 258 g/mol. The highest BCUT2D eigenvalue weighted by Gasteiger charge is 2.20. The first-order valence-corrected chi connectivity index (χ1v) is 6.76. The zero-order valence-electron chi connectivity index (χ0n) is 10.8. The molecule has 5 heteroatoms. The lowest BCUT2D eigenvalue weighted by Gasteiger charge is -2.03. The first kappa shape index (κ1) is 12.0. The molecule has 19 heavy (non-hydrogen) atoms. The zero-order valence-corrected chi connectivity index (χ0v) is 10.8. The van der Waals surface area contributed by atoms with Crippen LogP contribution in [0.2, 0.25) is 0 Å². The summed E-state index contributed by atoms with van der Waals surface area (Å²) in [7, 11) is 0. The quantitative estimate of drug-likeness (QED) is 0.567. The summed E-state index contributed by atoms with van der Waals surface area (Å²) in [6.45, 7) is 0.714. The van der Waals surface area contributed by atoms with Crippen LogP contribution in [0.1, 0.15) is 36.2 Å². The van der Waals surface area contributed by atoms with Crippen molar-refractivity contribution in [1.82, 2.24) is 15.5 Å². The van der Waals surface area contributed by atoms with Gasteiger partial charge < -0.3 is 11.1 Å². The van der Waals surface area contributed by atoms with E-state index in [9.17, 15) is 4.79 Å². The lowest BCUT2D eigenvalue weighted by Crippen LogP contribution is -2.25. The number of fused-ring (bicyclic) bond motifs is 1. The van der Waals surface area contributed by atoms with E-state index in [4.69, 9.17) is 5.73 Å². The van der Waals surface area contributed by atoms with Gasteiger partial charge in [-0.1, -0.05) is 12.8 Å². The van der Waals surface area contributed by atoms with E-state index < -0.39 is 0 Å². The number of carbonyl (C=O) groups excluding carboxylic acids is 1. The van der Waals surface area contributed by atoms with E-state index in [0.717, 1.165) is 23.2 Å². The monoisotopic (exact) mass is 258 g/mol. The molecular formula is C14H18N4O. The van der Waals surface area contributed by atoms with Gasteiger partial charge in [-0.15, -0.1) is 0 Å². The Bertz CT molecular complexity index is 601. The predicted molar refractivity (Wildman–Crippen MR) is 74.8 cm³/mol. The number of hydrogen-bond donors (Lipinski definition) is 3. The van der Waals surface area contributed by atoms with E-state index in [0.29, 0.717) is 17.9 Å². The Hall–Kier alpha value is -2.04. The lowest BCUT2D eigenvalue weighted by atomic mass is 10.2. The fraction of sp³-hybridized carbons (Fsp3) is 0.429. The van der Waals surface area contributed by atoms with Crippen molar-refractivity contribution in [2.24, 2.45) is 5.92 Å². The fourth-order valence-corrected chi connectivity index (χ4v) is 2.29. The highest BCUT2D eigenvalue weighted by atomic mass is 16.1. The molecule has 0 atom stereocenters. The van der Waals surface area contributed by atoms with Crippen molar-refractivity contribution in [1.29, 1.82) is 0 Å². The molecule has 0 radical (unpaired) electrons.